The number of esters is 2. The second-order valence-electron chi connectivity index (χ2n) is 23.2. The first-order valence-electron chi connectivity index (χ1n) is 35.1. The Morgan fingerprint density at radius 1 is 0.293 bits per heavy atom. The van der Waals surface area contributed by atoms with E-state index >= 15 is 0 Å². The van der Waals surface area contributed by atoms with E-state index in [1.807, 2.05) is 0 Å². The van der Waals surface area contributed by atoms with Crippen LogP contribution in [0, 0.1) is 0 Å². The summed E-state index contributed by atoms with van der Waals surface area (Å²) in [6.45, 7) is 4.04. The van der Waals surface area contributed by atoms with Gasteiger partial charge in [0.15, 0.2) is 6.10 Å². The van der Waals surface area contributed by atoms with E-state index < -0.39 is 6.10 Å². The van der Waals surface area contributed by atoms with E-state index in [0.29, 0.717) is 12.8 Å². The molecule has 0 aromatic rings. The Morgan fingerprint density at radius 3 is 0.793 bits per heavy atom. The Morgan fingerprint density at radius 2 is 0.524 bits per heavy atom. The Labute approximate surface area is 509 Å². The summed E-state index contributed by atoms with van der Waals surface area (Å²) in [6, 6.07) is 0. The van der Waals surface area contributed by atoms with Crippen molar-refractivity contribution in [2.45, 2.75) is 341 Å². The minimum absolute atomic E-state index is 0.0684. The number of hydrogen-bond donors (Lipinski definition) is 1. The predicted molar refractivity (Wildman–Crippen MR) is 362 cm³/mol. The first-order valence-corrected chi connectivity index (χ1v) is 35.1. The third-order valence-electron chi connectivity index (χ3n) is 15.2. The van der Waals surface area contributed by atoms with Crippen LogP contribution in [0.3, 0.4) is 0 Å². The lowest BCUT2D eigenvalue weighted by Gasteiger charge is -2.15. The zero-order chi connectivity index (χ0) is 59.1. The van der Waals surface area contributed by atoms with Gasteiger partial charge in [-0.1, -0.05) is 334 Å². The maximum absolute atomic E-state index is 12.4. The summed E-state index contributed by atoms with van der Waals surface area (Å²) in [7, 11) is 0. The molecule has 0 saturated carbocycles. The van der Waals surface area contributed by atoms with Gasteiger partial charge in [-0.25, -0.2) is 0 Å². The van der Waals surface area contributed by atoms with Crippen LogP contribution in [-0.4, -0.2) is 36.4 Å². The normalized spacial score (nSPS) is 13.0. The van der Waals surface area contributed by atoms with Gasteiger partial charge >= 0.3 is 11.9 Å². The van der Waals surface area contributed by atoms with E-state index in [9.17, 15) is 14.7 Å². The van der Waals surface area contributed by atoms with Gasteiger partial charge in [-0.3, -0.25) is 9.59 Å². The quantitative estimate of drug-likeness (QED) is 0.0373. The van der Waals surface area contributed by atoms with Crippen molar-refractivity contribution in [2.75, 3.05) is 13.2 Å². The summed E-state index contributed by atoms with van der Waals surface area (Å²) < 4.78 is 10.8. The molecule has 82 heavy (non-hydrogen) atoms. The minimum Gasteiger partial charge on any atom is -0.462 e. The number of unbranched alkanes of at least 4 members (excludes halogenated alkanes) is 36. The van der Waals surface area contributed by atoms with Crippen molar-refractivity contribution in [3.05, 3.63) is 122 Å². The van der Waals surface area contributed by atoms with Gasteiger partial charge in [-0.05, 0) is 109 Å². The average molecular weight is 1140 g/mol. The first kappa shape index (κ1) is 78.3. The molecule has 5 nitrogen and oxygen atoms in total. The summed E-state index contributed by atoms with van der Waals surface area (Å²) in [5.41, 5.74) is 0. The van der Waals surface area contributed by atoms with Gasteiger partial charge < -0.3 is 14.6 Å². The molecule has 0 spiro atoms. The fourth-order valence-corrected chi connectivity index (χ4v) is 10.0. The molecule has 0 aromatic carbocycles. The molecule has 0 saturated heterocycles. The number of allylic oxidation sites excluding steroid dienone is 20. The Balaban J connectivity index is 3.48. The van der Waals surface area contributed by atoms with Gasteiger partial charge in [-0.15, -0.1) is 0 Å². The van der Waals surface area contributed by atoms with Crippen LogP contribution < -0.4 is 0 Å². The number of aliphatic hydroxyl groups is 1. The first-order chi connectivity index (χ1) is 40.6. The maximum Gasteiger partial charge on any atom is 0.306 e. The second kappa shape index (κ2) is 71.6. The molecule has 0 aromatic heterocycles. The number of rotatable bonds is 64. The van der Waals surface area contributed by atoms with E-state index in [2.05, 4.69) is 135 Å². The smallest absolute Gasteiger partial charge is 0.306 e. The van der Waals surface area contributed by atoms with E-state index in [-0.39, 0.29) is 25.2 Å². The number of ether oxygens (including phenoxy) is 2. The van der Waals surface area contributed by atoms with E-state index in [0.717, 1.165) is 96.3 Å². The predicted octanol–water partition coefficient (Wildman–Crippen LogP) is 24.5. The molecular weight excluding hydrogens is 1000 g/mol. The molecule has 0 heterocycles. The lowest BCUT2D eigenvalue weighted by atomic mass is 10.0. The Hall–Kier alpha value is -3.70. The molecule has 0 radical (unpaired) electrons. The molecule has 5 heteroatoms. The van der Waals surface area contributed by atoms with Crippen LogP contribution in [0.2, 0.25) is 0 Å². The van der Waals surface area contributed by atoms with Gasteiger partial charge in [0.05, 0.1) is 6.61 Å². The lowest BCUT2D eigenvalue weighted by molar-refractivity contribution is -0.161. The van der Waals surface area contributed by atoms with Crippen LogP contribution in [0.25, 0.3) is 0 Å². The van der Waals surface area contributed by atoms with Crippen LogP contribution >= 0.6 is 0 Å². The third-order valence-corrected chi connectivity index (χ3v) is 15.2. The van der Waals surface area contributed by atoms with Crippen molar-refractivity contribution in [3.8, 4) is 0 Å². The SMILES string of the molecule is CC/C=C\C/C=C\C/C=C\C/C=C\C/C=C\C/C=C\C/C=C\CCCCCCCCCCCCCCCC(=O)OC(CO)COC(=O)CCCCCCCCCCCCCCCCCCCC/C=C\C/C=C\C/C=C\CCCCCCC. The highest BCUT2D eigenvalue weighted by molar-refractivity contribution is 5.70. The topological polar surface area (TPSA) is 72.8 Å². The third kappa shape index (κ3) is 68.8. The molecule has 0 bridgehead atoms. The highest BCUT2D eigenvalue weighted by Gasteiger charge is 2.16. The molecular formula is C77H132O5. The number of hydrogen-bond acceptors (Lipinski definition) is 5. The van der Waals surface area contributed by atoms with Crippen LogP contribution in [0.5, 0.6) is 0 Å². The van der Waals surface area contributed by atoms with Crippen molar-refractivity contribution < 1.29 is 24.2 Å². The van der Waals surface area contributed by atoms with E-state index in [1.165, 1.54) is 212 Å². The largest absolute Gasteiger partial charge is 0.462 e. The summed E-state index contributed by atoms with van der Waals surface area (Å²) >= 11 is 0. The fourth-order valence-electron chi connectivity index (χ4n) is 10.0. The zero-order valence-corrected chi connectivity index (χ0v) is 54.0. The molecule has 1 atom stereocenters. The van der Waals surface area contributed by atoms with Gasteiger partial charge in [0.1, 0.15) is 6.61 Å². The minimum atomic E-state index is -0.780. The van der Waals surface area contributed by atoms with Crippen molar-refractivity contribution in [1.29, 1.82) is 0 Å². The van der Waals surface area contributed by atoms with E-state index in [4.69, 9.17) is 9.47 Å². The van der Waals surface area contributed by atoms with Gasteiger partial charge in [-0.2, -0.15) is 0 Å². The van der Waals surface area contributed by atoms with E-state index in [1.54, 1.807) is 0 Å². The standard InChI is InChI=1S/C77H132O5/c1-3-5-7-9-11-13-15-17-19-21-23-25-27-29-31-33-35-37-38-40-42-44-46-48-50-52-54-56-58-60-62-64-66-68-70-72-77(80)82-75(73-78)74-81-76(79)71-69-67-65-63-61-59-57-55-53-51-49-47-45-43-41-39-36-34-32-30-28-26-24-22-20-18-16-14-12-10-8-6-4-2/h5,7,11,13,16-19,22-25,28-31,35,37,40,42,75,78H,3-4,6,8-10,12,14-15,20-21,26-27,32-34,36,38-39,41,43-74H2,1-2H3/b7-5-,13-11-,18-16-,19-17-,24-22-,25-23-,30-28-,31-29-,37-35-,42-40-. The Kier molecular flexibility index (Phi) is 68.3. The molecule has 0 aliphatic carbocycles. The van der Waals surface area contributed by atoms with Crippen molar-refractivity contribution in [3.63, 3.8) is 0 Å². The number of carbonyl (C=O) groups is 2. The van der Waals surface area contributed by atoms with Crippen LogP contribution in [-0.2, 0) is 19.1 Å². The van der Waals surface area contributed by atoms with Gasteiger partial charge in [0.2, 0.25) is 0 Å². The highest BCUT2D eigenvalue weighted by Crippen LogP contribution is 2.17. The molecule has 0 aliphatic heterocycles. The summed E-state index contributed by atoms with van der Waals surface area (Å²) in [6.07, 6.45) is 105. The number of carbonyl (C=O) groups excluding carboxylic acids is 2. The van der Waals surface area contributed by atoms with Gasteiger partial charge in [0, 0.05) is 12.8 Å². The molecule has 0 aliphatic rings. The summed E-state index contributed by atoms with van der Waals surface area (Å²) in [4.78, 5) is 24.7. The number of aliphatic hydroxyl groups excluding tert-OH is 1. The summed E-state index contributed by atoms with van der Waals surface area (Å²) in [5, 5.41) is 9.71. The highest BCUT2D eigenvalue weighted by atomic mass is 16.6. The van der Waals surface area contributed by atoms with Crippen molar-refractivity contribution >= 4 is 11.9 Å². The van der Waals surface area contributed by atoms with Crippen LogP contribution in [0.4, 0.5) is 0 Å². The fraction of sp³-hybridized carbons (Fsp3) is 0.714. The zero-order valence-electron chi connectivity index (χ0n) is 54.0. The monoisotopic (exact) mass is 1140 g/mol. The molecule has 1 N–H and O–H groups in total. The van der Waals surface area contributed by atoms with Crippen molar-refractivity contribution in [2.24, 2.45) is 0 Å². The summed E-state index contributed by atoms with van der Waals surface area (Å²) in [5.74, 6) is -0.584. The van der Waals surface area contributed by atoms with Gasteiger partial charge in [0.25, 0.3) is 0 Å². The maximum atomic E-state index is 12.4. The van der Waals surface area contributed by atoms with Crippen LogP contribution in [0.1, 0.15) is 335 Å². The lowest BCUT2D eigenvalue weighted by Crippen LogP contribution is -2.28. The van der Waals surface area contributed by atoms with Crippen LogP contribution in [0.15, 0.2) is 122 Å². The Bertz CT molecular complexity index is 1620. The molecule has 0 fully saturated rings. The molecule has 470 valence electrons. The molecule has 0 rings (SSSR count). The molecule has 0 amide bonds. The van der Waals surface area contributed by atoms with Crippen molar-refractivity contribution in [1.82, 2.24) is 0 Å². The second-order valence-corrected chi connectivity index (χ2v) is 23.2. The molecule has 1 unspecified atom stereocenters. The average Bonchev–Trinajstić information content (AvgIpc) is 3.49.